The second kappa shape index (κ2) is 7.14. The molecule has 11 heteroatoms. The number of nitrogens with zero attached hydrogens (tertiary/aromatic N) is 1. The molecule has 0 unspecified atom stereocenters. The Labute approximate surface area is 166 Å². The Balaban J connectivity index is 2.19. The van der Waals surface area contributed by atoms with Crippen molar-refractivity contribution < 1.29 is 27.0 Å². The molecule has 2 aromatic carbocycles. The Morgan fingerprint density at radius 2 is 1.74 bits per heavy atom. The van der Waals surface area contributed by atoms with Crippen LogP contribution in [0.25, 0.3) is 0 Å². The van der Waals surface area contributed by atoms with E-state index in [0.29, 0.717) is 0 Å². The number of aliphatic hydroxyl groups excluding tert-OH is 1. The van der Waals surface area contributed by atoms with Crippen molar-refractivity contribution in [2.24, 2.45) is 0 Å². The highest BCUT2D eigenvalue weighted by atomic mass is 35.5. The van der Waals surface area contributed by atoms with Crippen LogP contribution in [0.2, 0.25) is 10.0 Å². The maximum absolute atomic E-state index is 13.3. The number of hydrogen-bond donors (Lipinski definition) is 2. The molecular formula is C16H15Cl2NO6S2. The van der Waals surface area contributed by atoms with Crippen LogP contribution in [0.5, 0.6) is 5.75 Å². The zero-order valence-corrected chi connectivity index (χ0v) is 16.8. The molecule has 1 fully saturated rings. The van der Waals surface area contributed by atoms with Crippen molar-refractivity contribution in [2.45, 2.75) is 17.0 Å². The van der Waals surface area contributed by atoms with Crippen LogP contribution in [0.3, 0.4) is 0 Å². The van der Waals surface area contributed by atoms with Gasteiger partial charge in [-0.15, -0.1) is 0 Å². The average molecular weight is 452 g/mol. The maximum Gasteiger partial charge on any atom is 0.264 e. The molecule has 1 aliphatic rings. The molecule has 0 aliphatic carbocycles. The predicted octanol–water partition coefficient (Wildman–Crippen LogP) is 2.05. The minimum absolute atomic E-state index is 0.00759. The summed E-state index contributed by atoms with van der Waals surface area (Å²) in [4.78, 5) is -0.225. The van der Waals surface area contributed by atoms with Gasteiger partial charge >= 0.3 is 0 Å². The van der Waals surface area contributed by atoms with Gasteiger partial charge in [-0.3, -0.25) is 4.31 Å². The lowest BCUT2D eigenvalue weighted by Gasteiger charge is -2.31. The van der Waals surface area contributed by atoms with Gasteiger partial charge in [0.25, 0.3) is 10.0 Å². The zero-order valence-electron chi connectivity index (χ0n) is 13.7. The molecule has 3 rings (SSSR count). The van der Waals surface area contributed by atoms with Gasteiger partial charge in [0, 0.05) is 6.07 Å². The molecule has 1 aliphatic heterocycles. The van der Waals surface area contributed by atoms with Crippen molar-refractivity contribution in [1.82, 2.24) is 0 Å². The number of aromatic hydroxyl groups is 1. The first-order valence-electron chi connectivity index (χ1n) is 7.68. The molecule has 0 bridgehead atoms. The van der Waals surface area contributed by atoms with Gasteiger partial charge < -0.3 is 10.2 Å². The van der Waals surface area contributed by atoms with Gasteiger partial charge in [0.05, 0.1) is 44.3 Å². The van der Waals surface area contributed by atoms with E-state index < -0.39 is 43.5 Å². The minimum Gasteiger partial charge on any atom is -0.508 e. The summed E-state index contributed by atoms with van der Waals surface area (Å²) in [6.45, 7) is 0. The van der Waals surface area contributed by atoms with E-state index in [1.807, 2.05) is 0 Å². The molecule has 1 heterocycles. The maximum atomic E-state index is 13.3. The first-order chi connectivity index (χ1) is 12.5. The quantitative estimate of drug-likeness (QED) is 0.735. The smallest absolute Gasteiger partial charge is 0.264 e. The van der Waals surface area contributed by atoms with E-state index in [2.05, 4.69) is 0 Å². The summed E-state index contributed by atoms with van der Waals surface area (Å²) in [5, 5.41) is 20.2. The standard InChI is InChI=1S/C16H15Cl2NO6S2/c17-13-5-4-12(7-14(13)18)27(24,25)19(10-2-1-3-11(20)6-10)15-8-26(22,23)9-16(15)21/h1-7,15-16,20-21H,8-9H2/t15-,16-/m1/s1. The Hall–Kier alpha value is -1.52. The van der Waals surface area contributed by atoms with Crippen LogP contribution in [0.1, 0.15) is 0 Å². The summed E-state index contributed by atoms with van der Waals surface area (Å²) in [7, 11) is -7.95. The molecule has 2 atom stereocenters. The summed E-state index contributed by atoms with van der Waals surface area (Å²) in [6.07, 6.45) is -1.42. The summed E-state index contributed by atoms with van der Waals surface area (Å²) >= 11 is 11.8. The highest BCUT2D eigenvalue weighted by Crippen LogP contribution is 2.34. The molecule has 0 radical (unpaired) electrons. The molecule has 27 heavy (non-hydrogen) atoms. The van der Waals surface area contributed by atoms with Gasteiger partial charge in [-0.25, -0.2) is 16.8 Å². The summed E-state index contributed by atoms with van der Waals surface area (Å²) in [5.41, 5.74) is 0.0159. The number of phenols is 1. The summed E-state index contributed by atoms with van der Waals surface area (Å²) < 4.78 is 51.3. The Morgan fingerprint density at radius 1 is 1.04 bits per heavy atom. The van der Waals surface area contributed by atoms with E-state index in [9.17, 15) is 27.0 Å². The van der Waals surface area contributed by atoms with Crippen LogP contribution in [-0.2, 0) is 19.9 Å². The first kappa shape index (κ1) is 20.2. The molecule has 0 saturated carbocycles. The van der Waals surface area contributed by atoms with Crippen molar-refractivity contribution >= 4 is 48.7 Å². The van der Waals surface area contributed by atoms with Gasteiger partial charge in [-0.2, -0.15) is 0 Å². The number of halogens is 2. The fourth-order valence-corrected chi connectivity index (χ4v) is 6.85. The molecule has 7 nitrogen and oxygen atoms in total. The molecule has 0 aromatic heterocycles. The molecule has 2 aromatic rings. The fourth-order valence-electron chi connectivity index (χ4n) is 2.92. The first-order valence-corrected chi connectivity index (χ1v) is 11.7. The van der Waals surface area contributed by atoms with Crippen LogP contribution in [-0.4, -0.2) is 50.7 Å². The second-order valence-electron chi connectivity index (χ2n) is 6.11. The lowest BCUT2D eigenvalue weighted by molar-refractivity contribution is 0.184. The van der Waals surface area contributed by atoms with Crippen LogP contribution in [0.4, 0.5) is 5.69 Å². The van der Waals surface area contributed by atoms with Crippen molar-refractivity contribution in [3.8, 4) is 5.75 Å². The van der Waals surface area contributed by atoms with E-state index in [4.69, 9.17) is 23.2 Å². The van der Waals surface area contributed by atoms with E-state index in [1.165, 1.54) is 36.4 Å². The molecular weight excluding hydrogens is 437 g/mol. The summed E-state index contributed by atoms with van der Waals surface area (Å²) in [5.74, 6) is -1.31. The van der Waals surface area contributed by atoms with Crippen molar-refractivity contribution in [3.05, 3.63) is 52.5 Å². The van der Waals surface area contributed by atoms with Gasteiger partial charge in [0.2, 0.25) is 0 Å². The molecule has 2 N–H and O–H groups in total. The predicted molar refractivity (Wildman–Crippen MR) is 103 cm³/mol. The molecule has 0 spiro atoms. The number of aliphatic hydroxyl groups is 1. The van der Waals surface area contributed by atoms with Crippen molar-refractivity contribution in [3.63, 3.8) is 0 Å². The van der Waals surface area contributed by atoms with Gasteiger partial charge in [-0.1, -0.05) is 29.3 Å². The van der Waals surface area contributed by atoms with E-state index in [-0.39, 0.29) is 26.4 Å². The fraction of sp³-hybridized carbons (Fsp3) is 0.250. The Morgan fingerprint density at radius 3 is 2.30 bits per heavy atom. The third kappa shape index (κ3) is 4.02. The number of sulfone groups is 1. The second-order valence-corrected chi connectivity index (χ2v) is 10.9. The number of hydrogen-bond acceptors (Lipinski definition) is 6. The molecule has 1 saturated heterocycles. The third-order valence-corrected chi connectivity index (χ3v) is 8.41. The van der Waals surface area contributed by atoms with Crippen LogP contribution < -0.4 is 4.31 Å². The monoisotopic (exact) mass is 451 g/mol. The van der Waals surface area contributed by atoms with Crippen LogP contribution in [0, 0.1) is 0 Å². The number of sulfonamides is 1. The minimum atomic E-state index is -4.32. The van der Waals surface area contributed by atoms with Gasteiger partial charge in [0.15, 0.2) is 9.84 Å². The van der Waals surface area contributed by atoms with Crippen LogP contribution >= 0.6 is 23.2 Å². The normalized spacial score (nSPS) is 21.9. The van der Waals surface area contributed by atoms with Crippen molar-refractivity contribution in [2.75, 3.05) is 15.8 Å². The number of rotatable bonds is 4. The van der Waals surface area contributed by atoms with Crippen LogP contribution in [0.15, 0.2) is 47.4 Å². The van der Waals surface area contributed by atoms with E-state index in [0.717, 1.165) is 10.4 Å². The topological polar surface area (TPSA) is 112 Å². The Bertz CT molecular complexity index is 1090. The number of anilines is 1. The lowest BCUT2D eigenvalue weighted by Crippen LogP contribution is -2.47. The lowest BCUT2D eigenvalue weighted by atomic mass is 10.2. The molecule has 146 valence electrons. The van der Waals surface area contributed by atoms with Crippen molar-refractivity contribution in [1.29, 1.82) is 0 Å². The highest BCUT2D eigenvalue weighted by molar-refractivity contribution is 7.93. The number of phenolic OH excluding ortho intramolecular Hbond substituents is 1. The third-order valence-electron chi connectivity index (χ3n) is 4.13. The van der Waals surface area contributed by atoms with Gasteiger partial charge in [0.1, 0.15) is 5.75 Å². The largest absolute Gasteiger partial charge is 0.508 e. The summed E-state index contributed by atoms with van der Waals surface area (Å²) in [6, 6.07) is 7.75. The Kier molecular flexibility index (Phi) is 5.35. The average Bonchev–Trinajstić information content (AvgIpc) is 2.82. The SMILES string of the molecule is O=S1(=O)C[C@@H](O)[C@H](N(c2cccc(O)c2)S(=O)(=O)c2ccc(Cl)c(Cl)c2)C1. The van der Waals surface area contributed by atoms with E-state index >= 15 is 0 Å². The van der Waals surface area contributed by atoms with Gasteiger partial charge in [-0.05, 0) is 30.3 Å². The zero-order chi connectivity index (χ0) is 20.0. The highest BCUT2D eigenvalue weighted by Gasteiger charge is 2.45. The molecule has 0 amide bonds. The van der Waals surface area contributed by atoms with E-state index in [1.54, 1.807) is 0 Å². The number of benzene rings is 2.